The molecular formula is C24H36ClN5. The fourth-order valence-electron chi connectivity index (χ4n) is 4.56. The number of anilines is 1. The van der Waals surface area contributed by atoms with Gasteiger partial charge in [0.2, 0.25) is 5.95 Å². The number of hydrogen-bond donors (Lipinski definition) is 2. The van der Waals surface area contributed by atoms with Crippen molar-refractivity contribution in [2.75, 3.05) is 11.9 Å². The van der Waals surface area contributed by atoms with E-state index in [0.717, 1.165) is 43.0 Å². The van der Waals surface area contributed by atoms with E-state index in [0.29, 0.717) is 23.1 Å². The van der Waals surface area contributed by atoms with Gasteiger partial charge in [0.1, 0.15) is 0 Å². The van der Waals surface area contributed by atoms with Crippen molar-refractivity contribution in [3.05, 3.63) is 29.2 Å². The maximum absolute atomic E-state index is 6.53. The van der Waals surface area contributed by atoms with Crippen molar-refractivity contribution >= 4 is 17.5 Å². The summed E-state index contributed by atoms with van der Waals surface area (Å²) < 4.78 is 2.22. The highest BCUT2D eigenvalue weighted by atomic mass is 35.5. The van der Waals surface area contributed by atoms with E-state index in [2.05, 4.69) is 46.4 Å². The summed E-state index contributed by atoms with van der Waals surface area (Å²) in [5.74, 6) is 1.52. The van der Waals surface area contributed by atoms with Crippen LogP contribution < -0.4 is 10.6 Å². The molecule has 0 aromatic carbocycles. The topological polar surface area (TPSA) is 54.8 Å². The maximum atomic E-state index is 6.53. The Kier molecular flexibility index (Phi) is 7.32. The van der Waals surface area contributed by atoms with Crippen LogP contribution in [-0.4, -0.2) is 33.2 Å². The van der Waals surface area contributed by atoms with Gasteiger partial charge in [-0.2, -0.15) is 0 Å². The summed E-state index contributed by atoms with van der Waals surface area (Å²) in [5.41, 5.74) is 3.34. The molecule has 2 saturated carbocycles. The van der Waals surface area contributed by atoms with E-state index in [1.807, 2.05) is 0 Å². The number of halogens is 1. The Bertz CT molecular complexity index is 821. The maximum Gasteiger partial charge on any atom is 0.223 e. The first-order chi connectivity index (χ1) is 14.6. The van der Waals surface area contributed by atoms with Gasteiger partial charge < -0.3 is 15.2 Å². The van der Waals surface area contributed by atoms with Crippen LogP contribution in [0.3, 0.4) is 0 Å². The van der Waals surface area contributed by atoms with Crippen molar-refractivity contribution in [1.29, 1.82) is 0 Å². The second kappa shape index (κ2) is 10.1. The minimum atomic E-state index is 0.439. The lowest BCUT2D eigenvalue weighted by molar-refractivity contribution is 0.351. The molecule has 2 heterocycles. The molecule has 2 aromatic heterocycles. The third-order valence-electron chi connectivity index (χ3n) is 6.65. The third kappa shape index (κ3) is 5.55. The molecule has 0 aliphatic heterocycles. The summed E-state index contributed by atoms with van der Waals surface area (Å²) in [4.78, 5) is 9.33. The van der Waals surface area contributed by atoms with Crippen molar-refractivity contribution in [3.63, 3.8) is 0 Å². The van der Waals surface area contributed by atoms with E-state index >= 15 is 0 Å². The number of rotatable bonds is 10. The molecular weight excluding hydrogens is 394 g/mol. The van der Waals surface area contributed by atoms with Crippen LogP contribution in [-0.2, 0) is 13.5 Å². The van der Waals surface area contributed by atoms with E-state index in [1.165, 1.54) is 50.6 Å². The van der Waals surface area contributed by atoms with Crippen molar-refractivity contribution < 1.29 is 0 Å². The molecule has 0 amide bonds. The molecule has 0 atom stereocenters. The zero-order valence-electron chi connectivity index (χ0n) is 18.5. The van der Waals surface area contributed by atoms with Gasteiger partial charge in [-0.25, -0.2) is 9.97 Å². The number of aromatic nitrogens is 3. The largest absolute Gasteiger partial charge is 0.354 e. The summed E-state index contributed by atoms with van der Waals surface area (Å²) in [6.45, 7) is 3.41. The van der Waals surface area contributed by atoms with Crippen molar-refractivity contribution in [2.45, 2.75) is 83.2 Å². The van der Waals surface area contributed by atoms with Crippen LogP contribution in [0.4, 0.5) is 5.95 Å². The number of nitrogens with zero attached hydrogens (tertiary/aromatic N) is 3. The van der Waals surface area contributed by atoms with Gasteiger partial charge in [0.05, 0.1) is 16.9 Å². The molecule has 0 bridgehead atoms. The molecule has 4 rings (SSSR count). The predicted octanol–water partition coefficient (Wildman–Crippen LogP) is 5.59. The molecule has 0 saturated heterocycles. The van der Waals surface area contributed by atoms with Crippen LogP contribution in [0.1, 0.15) is 70.4 Å². The molecule has 0 radical (unpaired) electrons. The highest BCUT2D eigenvalue weighted by Crippen LogP contribution is 2.37. The molecule has 164 valence electrons. The highest BCUT2D eigenvalue weighted by Gasteiger charge is 2.26. The average Bonchev–Trinajstić information content (AvgIpc) is 3.50. The summed E-state index contributed by atoms with van der Waals surface area (Å²) in [6, 6.07) is 3.25. The first kappa shape index (κ1) is 21.6. The molecule has 2 aromatic rings. The Labute approximate surface area is 186 Å². The van der Waals surface area contributed by atoms with Gasteiger partial charge in [-0.3, -0.25) is 0 Å². The normalized spacial score (nSPS) is 21.7. The smallest absolute Gasteiger partial charge is 0.223 e. The SMILES string of the molecule is CCCCCNC1CCC(Nc2ncc(Cl)c(-c3ccn(C)c3CC3CC3)n2)CC1. The van der Waals surface area contributed by atoms with Gasteiger partial charge in [0.15, 0.2) is 0 Å². The average molecular weight is 430 g/mol. The van der Waals surface area contributed by atoms with Crippen LogP contribution in [0.5, 0.6) is 0 Å². The van der Waals surface area contributed by atoms with E-state index in [-0.39, 0.29) is 0 Å². The first-order valence-corrected chi connectivity index (χ1v) is 12.2. The lowest BCUT2D eigenvalue weighted by Crippen LogP contribution is -2.37. The molecule has 0 unspecified atom stereocenters. The molecule has 2 fully saturated rings. The quantitative estimate of drug-likeness (QED) is 0.483. The van der Waals surface area contributed by atoms with Gasteiger partial charge in [-0.15, -0.1) is 0 Å². The Morgan fingerprint density at radius 1 is 1.10 bits per heavy atom. The second-order valence-electron chi connectivity index (χ2n) is 9.18. The van der Waals surface area contributed by atoms with E-state index in [4.69, 9.17) is 16.6 Å². The van der Waals surface area contributed by atoms with Gasteiger partial charge in [0, 0.05) is 36.6 Å². The number of unbranched alkanes of at least 4 members (excludes halogenated alkanes) is 2. The number of aryl methyl sites for hydroxylation is 1. The number of nitrogens with one attached hydrogen (secondary N) is 2. The molecule has 2 aliphatic carbocycles. The minimum absolute atomic E-state index is 0.439. The lowest BCUT2D eigenvalue weighted by atomic mass is 9.91. The van der Waals surface area contributed by atoms with E-state index in [9.17, 15) is 0 Å². The molecule has 6 heteroatoms. The molecule has 2 N–H and O–H groups in total. The number of hydrogen-bond acceptors (Lipinski definition) is 4. The van der Waals surface area contributed by atoms with Gasteiger partial charge in [0.25, 0.3) is 0 Å². The van der Waals surface area contributed by atoms with E-state index < -0.39 is 0 Å². The predicted molar refractivity (Wildman–Crippen MR) is 125 cm³/mol. The minimum Gasteiger partial charge on any atom is -0.354 e. The Balaban J connectivity index is 1.37. The first-order valence-electron chi connectivity index (χ1n) is 11.8. The molecule has 2 aliphatic rings. The monoisotopic (exact) mass is 429 g/mol. The van der Waals surface area contributed by atoms with Crippen LogP contribution in [0, 0.1) is 5.92 Å². The van der Waals surface area contributed by atoms with Crippen LogP contribution in [0.15, 0.2) is 18.5 Å². The Morgan fingerprint density at radius 3 is 2.60 bits per heavy atom. The van der Waals surface area contributed by atoms with Crippen molar-refractivity contribution in [3.8, 4) is 11.3 Å². The second-order valence-corrected chi connectivity index (χ2v) is 9.59. The fourth-order valence-corrected chi connectivity index (χ4v) is 4.75. The standard InChI is InChI=1S/C24H36ClN5/c1-3-4-5-13-26-18-8-10-19(11-9-18)28-24-27-16-21(25)23(29-24)20-12-14-30(2)22(20)15-17-6-7-17/h12,14,16-19,26H,3-11,13,15H2,1-2H3,(H,27,28,29). The third-order valence-corrected chi connectivity index (χ3v) is 6.93. The van der Waals surface area contributed by atoms with Crippen LogP contribution in [0.25, 0.3) is 11.3 Å². The summed E-state index contributed by atoms with van der Waals surface area (Å²) in [6.07, 6.45) is 16.3. The van der Waals surface area contributed by atoms with E-state index in [1.54, 1.807) is 6.20 Å². The van der Waals surface area contributed by atoms with Gasteiger partial charge >= 0.3 is 0 Å². The van der Waals surface area contributed by atoms with Gasteiger partial charge in [-0.1, -0.05) is 31.4 Å². The molecule has 5 nitrogen and oxygen atoms in total. The molecule has 0 spiro atoms. The van der Waals surface area contributed by atoms with Crippen molar-refractivity contribution in [2.24, 2.45) is 13.0 Å². The summed E-state index contributed by atoms with van der Waals surface area (Å²) in [5, 5.41) is 7.94. The Morgan fingerprint density at radius 2 is 1.87 bits per heavy atom. The van der Waals surface area contributed by atoms with Crippen LogP contribution in [0.2, 0.25) is 5.02 Å². The molecule has 30 heavy (non-hydrogen) atoms. The lowest BCUT2D eigenvalue weighted by Gasteiger charge is -2.30. The van der Waals surface area contributed by atoms with Crippen LogP contribution >= 0.6 is 11.6 Å². The van der Waals surface area contributed by atoms with Crippen molar-refractivity contribution in [1.82, 2.24) is 19.9 Å². The van der Waals surface area contributed by atoms with Gasteiger partial charge in [-0.05, 0) is 69.9 Å². The highest BCUT2D eigenvalue weighted by molar-refractivity contribution is 6.33. The summed E-state index contributed by atoms with van der Waals surface area (Å²) >= 11 is 6.53. The zero-order valence-corrected chi connectivity index (χ0v) is 19.2. The summed E-state index contributed by atoms with van der Waals surface area (Å²) in [7, 11) is 2.12. The fraction of sp³-hybridized carbons (Fsp3) is 0.667. The zero-order chi connectivity index (χ0) is 20.9. The Hall–Kier alpha value is -1.59.